The van der Waals surface area contributed by atoms with Gasteiger partial charge >= 0.3 is 0 Å². The molecule has 0 saturated carbocycles. The average molecular weight is 318 g/mol. The van der Waals surface area contributed by atoms with Crippen LogP contribution in [0.2, 0.25) is 5.02 Å². The lowest BCUT2D eigenvalue weighted by Crippen LogP contribution is -2.37. The van der Waals surface area contributed by atoms with Crippen molar-refractivity contribution in [2.75, 3.05) is 6.54 Å². The van der Waals surface area contributed by atoms with E-state index in [1.165, 1.54) is 0 Å². The van der Waals surface area contributed by atoms with E-state index in [1.54, 1.807) is 0 Å². The topological polar surface area (TPSA) is 49.0 Å². The Kier molecular flexibility index (Phi) is 4.48. The maximum absolute atomic E-state index is 12.5. The van der Waals surface area contributed by atoms with E-state index in [2.05, 4.69) is 10.2 Å². The highest BCUT2D eigenvalue weighted by Crippen LogP contribution is 2.25. The number of benzene rings is 1. The second-order valence-electron chi connectivity index (χ2n) is 5.90. The first-order valence-corrected chi connectivity index (χ1v) is 8.05. The van der Waals surface area contributed by atoms with Gasteiger partial charge in [-0.1, -0.05) is 29.8 Å². The molecule has 1 aromatic carbocycles. The van der Waals surface area contributed by atoms with Crippen molar-refractivity contribution in [2.45, 2.75) is 38.6 Å². The molecule has 5 heteroatoms. The van der Waals surface area contributed by atoms with Crippen molar-refractivity contribution >= 4 is 17.5 Å². The zero-order valence-corrected chi connectivity index (χ0v) is 13.4. The summed E-state index contributed by atoms with van der Waals surface area (Å²) in [5.41, 5.74) is 2.91. The molecule has 0 bridgehead atoms. The molecule has 1 atom stereocenters. The number of nitrogens with one attached hydrogen (secondary N) is 1. The molecule has 0 radical (unpaired) electrons. The summed E-state index contributed by atoms with van der Waals surface area (Å²) in [5.74, 6) is 0.154. The number of hydrogen-bond acceptors (Lipinski definition) is 2. The first-order valence-electron chi connectivity index (χ1n) is 7.67. The van der Waals surface area contributed by atoms with Gasteiger partial charge in [-0.15, -0.1) is 0 Å². The number of amides is 1. The number of carbonyl (C=O) groups excluding carboxylic acids is 1. The van der Waals surface area contributed by atoms with Gasteiger partial charge in [-0.3, -0.25) is 9.89 Å². The molecule has 2 heterocycles. The Morgan fingerprint density at radius 2 is 2.27 bits per heavy atom. The number of hydrogen-bond donors (Lipinski definition) is 1. The highest BCUT2D eigenvalue weighted by molar-refractivity contribution is 6.31. The predicted octanol–water partition coefficient (Wildman–Crippen LogP) is 3.15. The number of nitrogens with zero attached hydrogens (tertiary/aromatic N) is 2. The summed E-state index contributed by atoms with van der Waals surface area (Å²) >= 11 is 6.24. The average Bonchev–Trinajstić information content (AvgIpc) is 3.10. The standard InChI is InChI=1S/C17H20ClN3O/c1-12-9-14(20-19-12)11-17(22)21-8-4-6-15(21)10-13-5-2-3-7-16(13)18/h2-3,5,7,9,15H,4,6,8,10-11H2,1H3,(H,19,20)/t15-/m1/s1. The van der Waals surface area contributed by atoms with Gasteiger partial charge in [0.1, 0.15) is 0 Å². The molecule has 1 aliphatic heterocycles. The molecule has 1 saturated heterocycles. The molecule has 3 rings (SSSR count). The maximum atomic E-state index is 12.5. The highest BCUT2D eigenvalue weighted by Gasteiger charge is 2.29. The van der Waals surface area contributed by atoms with Gasteiger partial charge in [0.15, 0.2) is 0 Å². The normalized spacial score (nSPS) is 17.9. The van der Waals surface area contributed by atoms with E-state index in [0.29, 0.717) is 6.42 Å². The minimum absolute atomic E-state index is 0.154. The number of likely N-dealkylation sites (tertiary alicyclic amines) is 1. The van der Waals surface area contributed by atoms with Crippen LogP contribution in [0.15, 0.2) is 30.3 Å². The van der Waals surface area contributed by atoms with Crippen LogP contribution in [-0.2, 0) is 17.6 Å². The highest BCUT2D eigenvalue weighted by atomic mass is 35.5. The second-order valence-corrected chi connectivity index (χ2v) is 6.30. The van der Waals surface area contributed by atoms with Crippen LogP contribution in [-0.4, -0.2) is 33.6 Å². The lowest BCUT2D eigenvalue weighted by atomic mass is 10.0. The zero-order valence-electron chi connectivity index (χ0n) is 12.7. The van der Waals surface area contributed by atoms with Crippen molar-refractivity contribution < 1.29 is 4.79 Å². The first kappa shape index (κ1) is 15.1. The van der Waals surface area contributed by atoms with Crippen molar-refractivity contribution in [1.29, 1.82) is 0 Å². The Labute approximate surface area is 135 Å². The van der Waals surface area contributed by atoms with E-state index >= 15 is 0 Å². The number of aromatic nitrogens is 2. The van der Waals surface area contributed by atoms with E-state index in [-0.39, 0.29) is 11.9 Å². The van der Waals surface area contributed by atoms with E-state index < -0.39 is 0 Å². The van der Waals surface area contributed by atoms with Gasteiger partial charge in [-0.2, -0.15) is 5.10 Å². The third-order valence-corrected chi connectivity index (χ3v) is 4.57. The molecule has 2 aromatic rings. The van der Waals surface area contributed by atoms with E-state index in [4.69, 9.17) is 11.6 Å². The summed E-state index contributed by atoms with van der Waals surface area (Å²) < 4.78 is 0. The van der Waals surface area contributed by atoms with Gasteiger partial charge in [0.05, 0.1) is 12.1 Å². The molecule has 0 aliphatic carbocycles. The second kappa shape index (κ2) is 6.53. The summed E-state index contributed by atoms with van der Waals surface area (Å²) in [6.45, 7) is 2.77. The first-order chi connectivity index (χ1) is 10.6. The smallest absolute Gasteiger partial charge is 0.228 e. The number of aryl methyl sites for hydroxylation is 1. The Morgan fingerprint density at radius 3 is 3.00 bits per heavy atom. The quantitative estimate of drug-likeness (QED) is 0.941. The monoisotopic (exact) mass is 317 g/mol. The molecular formula is C17H20ClN3O. The summed E-state index contributed by atoms with van der Waals surface area (Å²) in [4.78, 5) is 14.5. The Bertz CT molecular complexity index is 667. The van der Waals surface area contributed by atoms with Crippen LogP contribution in [0, 0.1) is 6.92 Å². The summed E-state index contributed by atoms with van der Waals surface area (Å²) in [7, 11) is 0. The van der Waals surface area contributed by atoms with Crippen molar-refractivity contribution in [3.05, 3.63) is 52.3 Å². The van der Waals surface area contributed by atoms with Crippen LogP contribution in [0.4, 0.5) is 0 Å². The summed E-state index contributed by atoms with van der Waals surface area (Å²) in [6.07, 6.45) is 3.28. The number of H-pyrrole nitrogens is 1. The molecule has 1 aromatic heterocycles. The molecule has 116 valence electrons. The van der Waals surface area contributed by atoms with Crippen LogP contribution >= 0.6 is 11.6 Å². The largest absolute Gasteiger partial charge is 0.339 e. The fourth-order valence-corrected chi connectivity index (χ4v) is 3.33. The van der Waals surface area contributed by atoms with Gasteiger partial charge in [0.25, 0.3) is 0 Å². The van der Waals surface area contributed by atoms with Gasteiger partial charge in [0.2, 0.25) is 5.91 Å². The molecule has 1 amide bonds. The minimum Gasteiger partial charge on any atom is -0.339 e. The number of aromatic amines is 1. The van der Waals surface area contributed by atoms with E-state index in [9.17, 15) is 4.79 Å². The fraction of sp³-hybridized carbons (Fsp3) is 0.412. The third kappa shape index (κ3) is 3.33. The summed E-state index contributed by atoms with van der Waals surface area (Å²) in [5, 5.41) is 7.82. The lowest BCUT2D eigenvalue weighted by Gasteiger charge is -2.25. The molecule has 22 heavy (non-hydrogen) atoms. The summed E-state index contributed by atoms with van der Waals surface area (Å²) in [6, 6.07) is 10.0. The van der Waals surface area contributed by atoms with Crippen LogP contribution < -0.4 is 0 Å². The van der Waals surface area contributed by atoms with Crippen LogP contribution in [0.25, 0.3) is 0 Å². The Morgan fingerprint density at radius 1 is 1.45 bits per heavy atom. The fourth-order valence-electron chi connectivity index (χ4n) is 3.12. The predicted molar refractivity (Wildman–Crippen MR) is 86.9 cm³/mol. The van der Waals surface area contributed by atoms with Gasteiger partial charge in [0, 0.05) is 23.3 Å². The number of rotatable bonds is 4. The molecule has 1 N–H and O–H groups in total. The Balaban J connectivity index is 1.67. The van der Waals surface area contributed by atoms with Crippen LogP contribution in [0.1, 0.15) is 29.8 Å². The van der Waals surface area contributed by atoms with Crippen molar-refractivity contribution in [3.8, 4) is 0 Å². The van der Waals surface area contributed by atoms with Crippen LogP contribution in [0.3, 0.4) is 0 Å². The Hall–Kier alpha value is -1.81. The lowest BCUT2D eigenvalue weighted by molar-refractivity contribution is -0.131. The van der Waals surface area contributed by atoms with Crippen molar-refractivity contribution in [2.24, 2.45) is 0 Å². The number of halogens is 1. The maximum Gasteiger partial charge on any atom is 0.228 e. The van der Waals surface area contributed by atoms with E-state index in [1.807, 2.05) is 42.2 Å². The van der Waals surface area contributed by atoms with Crippen molar-refractivity contribution in [3.63, 3.8) is 0 Å². The van der Waals surface area contributed by atoms with Crippen LogP contribution in [0.5, 0.6) is 0 Å². The van der Waals surface area contributed by atoms with E-state index in [0.717, 1.165) is 47.8 Å². The molecular weight excluding hydrogens is 298 g/mol. The van der Waals surface area contributed by atoms with Gasteiger partial charge < -0.3 is 4.90 Å². The molecule has 0 unspecified atom stereocenters. The minimum atomic E-state index is 0.154. The molecule has 0 spiro atoms. The number of carbonyl (C=O) groups is 1. The van der Waals surface area contributed by atoms with Gasteiger partial charge in [-0.05, 0) is 43.9 Å². The van der Waals surface area contributed by atoms with Crippen molar-refractivity contribution in [1.82, 2.24) is 15.1 Å². The SMILES string of the molecule is Cc1cc(CC(=O)N2CCC[C@@H]2Cc2ccccc2Cl)n[nH]1. The van der Waals surface area contributed by atoms with Gasteiger partial charge in [-0.25, -0.2) is 0 Å². The molecule has 4 nitrogen and oxygen atoms in total. The molecule has 1 fully saturated rings. The molecule has 1 aliphatic rings. The third-order valence-electron chi connectivity index (χ3n) is 4.20. The zero-order chi connectivity index (χ0) is 15.5.